The lowest BCUT2D eigenvalue weighted by molar-refractivity contribution is 0.0993. The Morgan fingerprint density at radius 1 is 0.789 bits per heavy atom. The number of benzene rings is 2. The monoisotopic (exact) mass is 512 g/mol. The molecule has 0 unspecified atom stereocenters. The van der Waals surface area contributed by atoms with Crippen molar-refractivity contribution in [2.45, 2.75) is 59.3 Å². The van der Waals surface area contributed by atoms with Gasteiger partial charge in [0.2, 0.25) is 0 Å². The SMILES string of the molecule is CCCN(CCC)Cc1ccc(CC(=O)c2ccc(CN(Cc3ncc[nH]3)Cc3nccn3C)cc2)cc1. The Labute approximate surface area is 226 Å². The number of imidazole rings is 2. The fraction of sp³-hybridized carbons (Fsp3) is 0.387. The number of aromatic nitrogens is 4. The fourth-order valence-electron chi connectivity index (χ4n) is 4.78. The van der Waals surface area contributed by atoms with E-state index in [1.807, 2.05) is 42.3 Å². The zero-order valence-corrected chi connectivity index (χ0v) is 22.9. The van der Waals surface area contributed by atoms with Crippen LogP contribution in [-0.2, 0) is 39.6 Å². The van der Waals surface area contributed by atoms with Crippen LogP contribution < -0.4 is 0 Å². The van der Waals surface area contributed by atoms with Gasteiger partial charge in [-0.05, 0) is 42.6 Å². The number of carbonyl (C=O) groups is 1. The first-order valence-corrected chi connectivity index (χ1v) is 13.6. The number of carbonyl (C=O) groups excluding carboxylic acids is 1. The first-order valence-electron chi connectivity index (χ1n) is 13.6. The highest BCUT2D eigenvalue weighted by Crippen LogP contribution is 2.15. The zero-order chi connectivity index (χ0) is 26.7. The van der Waals surface area contributed by atoms with Crippen molar-refractivity contribution in [2.24, 2.45) is 7.05 Å². The standard InChI is InChI=1S/C31H40N6O/c1-4-17-36(18-5-2)21-26-8-6-25(7-9-26)20-29(38)28-12-10-27(11-13-28)22-37(23-30-32-14-15-33-30)24-31-34-16-19-35(31)3/h6-16,19H,4-5,17-18,20-24H2,1-3H3,(H,32,33). The van der Waals surface area contributed by atoms with Crippen LogP contribution in [0.25, 0.3) is 0 Å². The van der Waals surface area contributed by atoms with Gasteiger partial charge in [0.15, 0.2) is 5.78 Å². The number of rotatable bonds is 15. The van der Waals surface area contributed by atoms with Crippen LogP contribution in [0.5, 0.6) is 0 Å². The number of hydrogen-bond acceptors (Lipinski definition) is 5. The third kappa shape index (κ3) is 7.97. The summed E-state index contributed by atoms with van der Waals surface area (Å²) in [4.78, 5) is 29.9. The third-order valence-corrected chi connectivity index (χ3v) is 6.77. The third-order valence-electron chi connectivity index (χ3n) is 6.77. The Morgan fingerprint density at radius 3 is 2.00 bits per heavy atom. The molecule has 0 bridgehead atoms. The van der Waals surface area contributed by atoms with Crippen molar-refractivity contribution in [3.63, 3.8) is 0 Å². The lowest BCUT2D eigenvalue weighted by Crippen LogP contribution is -2.24. The summed E-state index contributed by atoms with van der Waals surface area (Å²) in [6, 6.07) is 16.5. The van der Waals surface area contributed by atoms with Crippen LogP contribution in [0.15, 0.2) is 73.3 Å². The van der Waals surface area contributed by atoms with Crippen molar-refractivity contribution in [2.75, 3.05) is 13.1 Å². The van der Waals surface area contributed by atoms with E-state index in [2.05, 4.69) is 75.0 Å². The van der Waals surface area contributed by atoms with Crippen molar-refractivity contribution in [1.29, 1.82) is 0 Å². The zero-order valence-electron chi connectivity index (χ0n) is 22.9. The minimum atomic E-state index is 0.142. The molecule has 200 valence electrons. The van der Waals surface area contributed by atoms with Gasteiger partial charge in [0.25, 0.3) is 0 Å². The van der Waals surface area contributed by atoms with Gasteiger partial charge in [-0.15, -0.1) is 0 Å². The van der Waals surface area contributed by atoms with Gasteiger partial charge in [0.1, 0.15) is 11.6 Å². The van der Waals surface area contributed by atoms with Gasteiger partial charge >= 0.3 is 0 Å². The van der Waals surface area contributed by atoms with E-state index in [1.54, 1.807) is 6.20 Å². The van der Waals surface area contributed by atoms with Gasteiger partial charge in [0, 0.05) is 56.9 Å². The predicted molar refractivity (Wildman–Crippen MR) is 152 cm³/mol. The van der Waals surface area contributed by atoms with Crippen molar-refractivity contribution in [3.8, 4) is 0 Å². The van der Waals surface area contributed by atoms with Gasteiger partial charge in [0.05, 0.1) is 13.1 Å². The lowest BCUT2D eigenvalue weighted by Gasteiger charge is -2.21. The van der Waals surface area contributed by atoms with Crippen LogP contribution in [0.1, 0.15) is 65.4 Å². The Kier molecular flexibility index (Phi) is 10.0. The number of nitrogens with one attached hydrogen (secondary N) is 1. The first kappa shape index (κ1) is 27.5. The molecule has 0 amide bonds. The Hall–Kier alpha value is -3.55. The molecule has 0 aliphatic carbocycles. The molecule has 0 fully saturated rings. The second-order valence-corrected chi connectivity index (χ2v) is 10.0. The molecule has 7 heteroatoms. The maximum Gasteiger partial charge on any atom is 0.167 e. The number of aryl methyl sites for hydroxylation is 1. The maximum absolute atomic E-state index is 13.0. The molecular weight excluding hydrogens is 472 g/mol. The molecule has 1 N–H and O–H groups in total. The number of hydrogen-bond donors (Lipinski definition) is 1. The van der Waals surface area contributed by atoms with Gasteiger partial charge < -0.3 is 9.55 Å². The van der Waals surface area contributed by atoms with Crippen molar-refractivity contribution < 1.29 is 4.79 Å². The molecule has 2 heterocycles. The van der Waals surface area contributed by atoms with Crippen LogP contribution in [0.4, 0.5) is 0 Å². The van der Waals surface area contributed by atoms with E-state index in [0.29, 0.717) is 19.5 Å². The number of ketones is 1. The second kappa shape index (κ2) is 13.8. The minimum absolute atomic E-state index is 0.142. The maximum atomic E-state index is 13.0. The molecule has 4 rings (SSSR count). The number of H-pyrrole nitrogens is 1. The average Bonchev–Trinajstić information content (AvgIpc) is 3.57. The Morgan fingerprint density at radius 2 is 1.42 bits per heavy atom. The summed E-state index contributed by atoms with van der Waals surface area (Å²) in [5, 5.41) is 0. The molecule has 4 aromatic rings. The number of nitrogens with zero attached hydrogens (tertiary/aromatic N) is 5. The molecule has 0 saturated heterocycles. The molecule has 0 saturated carbocycles. The van der Waals surface area contributed by atoms with E-state index in [9.17, 15) is 4.79 Å². The van der Waals surface area contributed by atoms with Crippen molar-refractivity contribution in [1.82, 2.24) is 29.3 Å². The summed E-state index contributed by atoms with van der Waals surface area (Å²) >= 11 is 0. The number of Topliss-reactive ketones (excluding diaryl/α,β-unsaturated/α-hetero) is 1. The van der Waals surface area contributed by atoms with E-state index in [1.165, 1.54) is 5.56 Å². The summed E-state index contributed by atoms with van der Waals surface area (Å²) in [6.45, 7) is 9.78. The Balaban J connectivity index is 1.35. The van der Waals surface area contributed by atoms with E-state index in [-0.39, 0.29) is 5.78 Å². The summed E-state index contributed by atoms with van der Waals surface area (Å²) in [6.07, 6.45) is 10.1. The van der Waals surface area contributed by atoms with E-state index >= 15 is 0 Å². The van der Waals surface area contributed by atoms with Crippen molar-refractivity contribution >= 4 is 5.78 Å². The summed E-state index contributed by atoms with van der Waals surface area (Å²) < 4.78 is 2.04. The number of aromatic amines is 1. The van der Waals surface area contributed by atoms with E-state index in [0.717, 1.165) is 67.4 Å². The lowest BCUT2D eigenvalue weighted by atomic mass is 10.0. The molecule has 38 heavy (non-hydrogen) atoms. The van der Waals surface area contributed by atoms with Gasteiger partial charge in [-0.1, -0.05) is 62.4 Å². The summed E-state index contributed by atoms with van der Waals surface area (Å²) in [5.41, 5.74) is 4.25. The van der Waals surface area contributed by atoms with Gasteiger partial charge in [-0.3, -0.25) is 14.6 Å². The predicted octanol–water partition coefficient (Wildman–Crippen LogP) is 5.39. The highest BCUT2D eigenvalue weighted by Gasteiger charge is 2.14. The van der Waals surface area contributed by atoms with Crippen LogP contribution in [-0.4, -0.2) is 48.2 Å². The normalized spacial score (nSPS) is 11.5. The molecule has 0 aliphatic rings. The van der Waals surface area contributed by atoms with Crippen LogP contribution >= 0.6 is 0 Å². The molecule has 7 nitrogen and oxygen atoms in total. The molecule has 0 radical (unpaired) electrons. The van der Waals surface area contributed by atoms with Crippen LogP contribution in [0.2, 0.25) is 0 Å². The highest BCUT2D eigenvalue weighted by atomic mass is 16.1. The largest absolute Gasteiger partial charge is 0.348 e. The smallest absolute Gasteiger partial charge is 0.167 e. The molecule has 2 aromatic heterocycles. The average molecular weight is 513 g/mol. The first-order chi connectivity index (χ1) is 18.5. The topological polar surface area (TPSA) is 70.1 Å². The van der Waals surface area contributed by atoms with Gasteiger partial charge in [-0.25, -0.2) is 9.97 Å². The molecule has 0 atom stereocenters. The highest BCUT2D eigenvalue weighted by molar-refractivity contribution is 5.97. The molecule has 0 aliphatic heterocycles. The van der Waals surface area contributed by atoms with E-state index in [4.69, 9.17) is 0 Å². The van der Waals surface area contributed by atoms with Crippen molar-refractivity contribution in [3.05, 3.63) is 107 Å². The fourth-order valence-corrected chi connectivity index (χ4v) is 4.78. The quantitative estimate of drug-likeness (QED) is 0.216. The van der Waals surface area contributed by atoms with Gasteiger partial charge in [-0.2, -0.15) is 0 Å². The van der Waals surface area contributed by atoms with Crippen LogP contribution in [0, 0.1) is 0 Å². The summed E-state index contributed by atoms with van der Waals surface area (Å²) in [5.74, 6) is 2.06. The molecule has 0 spiro atoms. The Bertz CT molecular complexity index is 1240. The van der Waals surface area contributed by atoms with Crippen LogP contribution in [0.3, 0.4) is 0 Å². The summed E-state index contributed by atoms with van der Waals surface area (Å²) in [7, 11) is 2.01. The molecule has 2 aromatic carbocycles. The molecular formula is C31H40N6O. The minimum Gasteiger partial charge on any atom is -0.348 e. The second-order valence-electron chi connectivity index (χ2n) is 10.0. The van der Waals surface area contributed by atoms with E-state index < -0.39 is 0 Å².